The summed E-state index contributed by atoms with van der Waals surface area (Å²) < 4.78 is 0. The summed E-state index contributed by atoms with van der Waals surface area (Å²) in [5, 5.41) is 0. The molecular formula is C9H18N2O2S2. The van der Waals surface area contributed by atoms with Crippen molar-refractivity contribution in [3.05, 3.63) is 0 Å². The van der Waals surface area contributed by atoms with Gasteiger partial charge in [-0.3, -0.25) is 9.59 Å². The lowest BCUT2D eigenvalue weighted by Crippen LogP contribution is -2.32. The third-order valence-corrected chi connectivity index (χ3v) is 4.34. The maximum atomic E-state index is 11.1. The van der Waals surface area contributed by atoms with Crippen LogP contribution in [0.1, 0.15) is 20.3 Å². The molecule has 2 atom stereocenters. The maximum absolute atomic E-state index is 11.1. The number of rotatable bonds is 8. The van der Waals surface area contributed by atoms with E-state index in [2.05, 4.69) is 0 Å². The maximum Gasteiger partial charge on any atom is 0.150 e. The molecule has 0 rings (SSSR count). The fourth-order valence-corrected chi connectivity index (χ4v) is 3.08. The number of carbonyl (C=O) groups excluding carboxylic acids is 2. The van der Waals surface area contributed by atoms with E-state index in [1.54, 1.807) is 6.92 Å². The summed E-state index contributed by atoms with van der Waals surface area (Å²) in [4.78, 5) is 21.9. The van der Waals surface area contributed by atoms with Crippen LogP contribution >= 0.6 is 21.6 Å². The first-order valence-electron chi connectivity index (χ1n) is 4.77. The highest BCUT2D eigenvalue weighted by Crippen LogP contribution is 2.22. The highest BCUT2D eigenvalue weighted by atomic mass is 33.1. The van der Waals surface area contributed by atoms with Crippen LogP contribution in [0.15, 0.2) is 0 Å². The lowest BCUT2D eigenvalue weighted by Gasteiger charge is -2.09. The van der Waals surface area contributed by atoms with Crippen LogP contribution in [0.2, 0.25) is 0 Å². The number of ketones is 2. The molecule has 0 spiro atoms. The third-order valence-electron chi connectivity index (χ3n) is 1.86. The van der Waals surface area contributed by atoms with Crippen molar-refractivity contribution in [1.82, 2.24) is 0 Å². The van der Waals surface area contributed by atoms with Gasteiger partial charge < -0.3 is 11.5 Å². The summed E-state index contributed by atoms with van der Waals surface area (Å²) >= 11 is 0. The summed E-state index contributed by atoms with van der Waals surface area (Å²) in [6.45, 7) is 3.27. The lowest BCUT2D eigenvalue weighted by atomic mass is 10.2. The molecule has 88 valence electrons. The highest BCUT2D eigenvalue weighted by Gasteiger charge is 2.12. The Labute approximate surface area is 98.3 Å². The molecule has 0 saturated carbocycles. The lowest BCUT2D eigenvalue weighted by molar-refractivity contribution is -0.119. The van der Waals surface area contributed by atoms with Gasteiger partial charge in [0.2, 0.25) is 0 Å². The molecule has 0 amide bonds. The van der Waals surface area contributed by atoms with Crippen LogP contribution in [0.25, 0.3) is 0 Å². The molecule has 6 heteroatoms. The van der Waals surface area contributed by atoms with E-state index >= 15 is 0 Å². The molecule has 0 saturated heterocycles. The molecule has 0 unspecified atom stereocenters. The summed E-state index contributed by atoms with van der Waals surface area (Å²) in [6, 6.07) is -0.818. The molecule has 0 aromatic carbocycles. The molecule has 0 aromatic heterocycles. The van der Waals surface area contributed by atoms with Gasteiger partial charge >= 0.3 is 0 Å². The Morgan fingerprint density at radius 1 is 1.13 bits per heavy atom. The van der Waals surface area contributed by atoms with Crippen molar-refractivity contribution >= 4 is 33.2 Å². The minimum Gasteiger partial charge on any atom is -0.321 e. The second-order valence-electron chi connectivity index (χ2n) is 3.21. The normalized spacial score (nSPS) is 14.7. The van der Waals surface area contributed by atoms with Crippen molar-refractivity contribution in [1.29, 1.82) is 0 Å². The average molecular weight is 250 g/mol. The summed E-state index contributed by atoms with van der Waals surface area (Å²) in [5.41, 5.74) is 11.2. The minimum absolute atomic E-state index is 0.0166. The zero-order valence-corrected chi connectivity index (χ0v) is 10.7. The van der Waals surface area contributed by atoms with E-state index in [9.17, 15) is 9.59 Å². The van der Waals surface area contributed by atoms with Gasteiger partial charge in [-0.05, 0) is 6.92 Å². The van der Waals surface area contributed by atoms with E-state index in [1.807, 2.05) is 0 Å². The second-order valence-corrected chi connectivity index (χ2v) is 5.76. The smallest absolute Gasteiger partial charge is 0.150 e. The van der Waals surface area contributed by atoms with Crippen LogP contribution in [-0.2, 0) is 9.59 Å². The van der Waals surface area contributed by atoms with Crippen LogP contribution < -0.4 is 11.5 Å². The number of Topliss-reactive ketones (excluding diaryl/α,β-unsaturated/α-hetero) is 2. The molecule has 0 heterocycles. The van der Waals surface area contributed by atoms with Gasteiger partial charge in [-0.1, -0.05) is 28.5 Å². The van der Waals surface area contributed by atoms with Crippen molar-refractivity contribution in [3.63, 3.8) is 0 Å². The van der Waals surface area contributed by atoms with E-state index in [4.69, 9.17) is 11.5 Å². The summed E-state index contributed by atoms with van der Waals surface area (Å²) in [6.07, 6.45) is 0.472. The Balaban J connectivity index is 3.54. The second kappa shape index (κ2) is 8.15. The predicted molar refractivity (Wildman–Crippen MR) is 66.8 cm³/mol. The van der Waals surface area contributed by atoms with Gasteiger partial charge in [-0.15, -0.1) is 0 Å². The Bertz CT molecular complexity index is 224. The first-order valence-corrected chi connectivity index (χ1v) is 7.26. The summed E-state index contributed by atoms with van der Waals surface area (Å²) in [5.74, 6) is 1.19. The standard InChI is InChI=1S/C9H18N2O2S2/c1-3-9(13)8(11)5-15-14-4-7(10)6(2)12/h7-8H,3-5,10-11H2,1-2H3/t7-,8-/m0/s1. The van der Waals surface area contributed by atoms with Gasteiger partial charge in [-0.2, -0.15) is 0 Å². The van der Waals surface area contributed by atoms with E-state index in [1.165, 1.54) is 28.5 Å². The van der Waals surface area contributed by atoms with E-state index in [-0.39, 0.29) is 11.6 Å². The van der Waals surface area contributed by atoms with Crippen LogP contribution in [-0.4, -0.2) is 35.2 Å². The fourth-order valence-electron chi connectivity index (χ4n) is 0.715. The number of hydrogen-bond donors (Lipinski definition) is 2. The Kier molecular flexibility index (Phi) is 8.13. The first kappa shape index (κ1) is 15.0. The van der Waals surface area contributed by atoms with Crippen molar-refractivity contribution < 1.29 is 9.59 Å². The van der Waals surface area contributed by atoms with Crippen LogP contribution in [0.5, 0.6) is 0 Å². The predicted octanol–water partition coefficient (Wildman–Crippen LogP) is 0.590. The van der Waals surface area contributed by atoms with E-state index in [0.29, 0.717) is 17.9 Å². The zero-order chi connectivity index (χ0) is 11.8. The molecule has 0 aliphatic carbocycles. The van der Waals surface area contributed by atoms with Crippen molar-refractivity contribution in [3.8, 4) is 0 Å². The molecule has 0 aliphatic rings. The molecule has 0 radical (unpaired) electrons. The van der Waals surface area contributed by atoms with Crippen molar-refractivity contribution in [2.75, 3.05) is 11.5 Å². The molecule has 4 N–H and O–H groups in total. The van der Waals surface area contributed by atoms with Crippen LogP contribution in [0, 0.1) is 0 Å². The number of carbonyl (C=O) groups is 2. The number of nitrogens with two attached hydrogens (primary N) is 2. The van der Waals surface area contributed by atoms with Gasteiger partial charge in [-0.25, -0.2) is 0 Å². The van der Waals surface area contributed by atoms with Crippen LogP contribution in [0.3, 0.4) is 0 Å². The van der Waals surface area contributed by atoms with Gasteiger partial charge in [0.25, 0.3) is 0 Å². The Morgan fingerprint density at radius 2 is 1.60 bits per heavy atom. The molecular weight excluding hydrogens is 232 g/mol. The topological polar surface area (TPSA) is 86.2 Å². The molecule has 4 nitrogen and oxygen atoms in total. The Hall–Kier alpha value is -0.0400. The van der Waals surface area contributed by atoms with Gasteiger partial charge in [0.1, 0.15) is 11.6 Å². The van der Waals surface area contributed by atoms with Crippen molar-refractivity contribution in [2.45, 2.75) is 32.4 Å². The molecule has 0 fully saturated rings. The van der Waals surface area contributed by atoms with Crippen molar-refractivity contribution in [2.24, 2.45) is 11.5 Å². The third kappa shape index (κ3) is 6.94. The molecule has 0 aliphatic heterocycles. The summed E-state index contributed by atoms with van der Waals surface area (Å²) in [7, 11) is 2.97. The fraction of sp³-hybridized carbons (Fsp3) is 0.778. The average Bonchev–Trinajstić information content (AvgIpc) is 2.22. The Morgan fingerprint density at radius 3 is 2.00 bits per heavy atom. The zero-order valence-electron chi connectivity index (χ0n) is 9.06. The number of hydrogen-bond acceptors (Lipinski definition) is 6. The van der Waals surface area contributed by atoms with Gasteiger partial charge in [0.15, 0.2) is 0 Å². The SMILES string of the molecule is CCC(=O)[C@@H](N)CSSC[C@H](N)C(C)=O. The first-order chi connectivity index (χ1) is 6.99. The van der Waals surface area contributed by atoms with Crippen LogP contribution in [0.4, 0.5) is 0 Å². The highest BCUT2D eigenvalue weighted by molar-refractivity contribution is 8.76. The quantitative estimate of drug-likeness (QED) is 0.484. The largest absolute Gasteiger partial charge is 0.321 e. The van der Waals surface area contributed by atoms with Gasteiger partial charge in [0.05, 0.1) is 12.1 Å². The van der Waals surface area contributed by atoms with Gasteiger partial charge in [0, 0.05) is 17.9 Å². The molecule has 0 aromatic rings. The monoisotopic (exact) mass is 250 g/mol. The van der Waals surface area contributed by atoms with E-state index < -0.39 is 12.1 Å². The molecule has 0 bridgehead atoms. The minimum atomic E-state index is -0.416. The van der Waals surface area contributed by atoms with E-state index in [0.717, 1.165) is 0 Å². The molecule has 15 heavy (non-hydrogen) atoms.